The fourth-order valence-corrected chi connectivity index (χ4v) is 7.84. The number of carbonyl (C=O) groups is 1. The van der Waals surface area contributed by atoms with Gasteiger partial charge in [0.2, 0.25) is 0 Å². The van der Waals surface area contributed by atoms with Crippen molar-refractivity contribution in [2.45, 2.75) is 44.6 Å². The summed E-state index contributed by atoms with van der Waals surface area (Å²) in [5.41, 5.74) is 5.62. The molecule has 4 aromatic carbocycles. The monoisotopic (exact) mass is 686 g/mol. The van der Waals surface area contributed by atoms with Gasteiger partial charge in [0, 0.05) is 28.9 Å². The molecule has 2 aliphatic rings. The first kappa shape index (κ1) is 31.3. The zero-order chi connectivity index (χ0) is 32.5. The molecule has 1 saturated carbocycles. The first-order valence-electron chi connectivity index (χ1n) is 15.6. The van der Waals surface area contributed by atoms with Crippen molar-refractivity contribution in [3.05, 3.63) is 119 Å². The molecule has 11 heteroatoms. The van der Waals surface area contributed by atoms with Gasteiger partial charge in [-0.15, -0.1) is 0 Å². The van der Waals surface area contributed by atoms with Crippen LogP contribution in [0.4, 0.5) is 5.69 Å². The Morgan fingerprint density at radius 2 is 1.62 bits per heavy atom. The van der Waals surface area contributed by atoms with Crippen LogP contribution in [0.5, 0.6) is 5.75 Å². The number of nitrogens with zero attached hydrogens (tertiary/aromatic N) is 3. The number of benzene rings is 4. The van der Waals surface area contributed by atoms with Crippen molar-refractivity contribution < 1.29 is 17.9 Å². The van der Waals surface area contributed by atoms with E-state index in [1.807, 2.05) is 39.8 Å². The Bertz CT molecular complexity index is 2060. The fourth-order valence-electron chi connectivity index (χ4n) is 6.19. The lowest BCUT2D eigenvalue weighted by atomic mass is 9.97. The van der Waals surface area contributed by atoms with E-state index < -0.39 is 16.1 Å². The molecule has 0 radical (unpaired) electrons. The number of aromatic nitrogens is 2. The first-order valence-corrected chi connectivity index (χ1v) is 17.7. The third-order valence-corrected chi connectivity index (χ3v) is 10.5. The van der Waals surface area contributed by atoms with Gasteiger partial charge in [0.1, 0.15) is 18.1 Å². The van der Waals surface area contributed by atoms with E-state index in [-0.39, 0.29) is 12.6 Å². The average molecular weight is 688 g/mol. The van der Waals surface area contributed by atoms with Crippen molar-refractivity contribution in [1.82, 2.24) is 14.3 Å². The van der Waals surface area contributed by atoms with E-state index in [4.69, 9.17) is 32.9 Å². The minimum Gasteiger partial charge on any atom is -0.490 e. The van der Waals surface area contributed by atoms with Crippen molar-refractivity contribution in [3.8, 4) is 33.8 Å². The summed E-state index contributed by atoms with van der Waals surface area (Å²) in [5.74, 6) is 1.04. The summed E-state index contributed by atoms with van der Waals surface area (Å²) >= 11 is 12.7. The second-order valence-electron chi connectivity index (χ2n) is 11.9. The largest absolute Gasteiger partial charge is 0.490 e. The number of hydrogen-bond donors (Lipinski definition) is 1. The van der Waals surface area contributed by atoms with Crippen LogP contribution in [0, 0.1) is 0 Å². The maximum atomic E-state index is 12.6. The highest BCUT2D eigenvalue weighted by Gasteiger charge is 2.34. The highest BCUT2D eigenvalue weighted by molar-refractivity contribution is 7.92. The van der Waals surface area contributed by atoms with E-state index in [0.29, 0.717) is 33.5 Å². The van der Waals surface area contributed by atoms with Crippen molar-refractivity contribution in [2.75, 3.05) is 10.8 Å². The van der Waals surface area contributed by atoms with Crippen LogP contribution in [-0.4, -0.2) is 36.5 Å². The van der Waals surface area contributed by atoms with Gasteiger partial charge < -0.3 is 9.30 Å². The predicted octanol–water partition coefficient (Wildman–Crippen LogP) is 8.00. The lowest BCUT2D eigenvalue weighted by molar-refractivity contribution is -0.117. The Morgan fingerprint density at radius 1 is 0.851 bits per heavy atom. The molecule has 1 saturated heterocycles. The number of anilines is 1. The molecule has 0 unspecified atom stereocenters. The van der Waals surface area contributed by atoms with E-state index in [1.165, 1.54) is 19.3 Å². The highest BCUT2D eigenvalue weighted by atomic mass is 35.5. The van der Waals surface area contributed by atoms with Gasteiger partial charge in [0.15, 0.2) is 0 Å². The van der Waals surface area contributed by atoms with Crippen LogP contribution in [0.1, 0.15) is 43.5 Å². The number of nitrogens with one attached hydrogen (secondary N) is 1. The van der Waals surface area contributed by atoms with Crippen LogP contribution in [0.2, 0.25) is 10.0 Å². The van der Waals surface area contributed by atoms with Gasteiger partial charge in [-0.25, -0.2) is 14.0 Å². The number of imidazole rings is 1. The lowest BCUT2D eigenvalue weighted by Gasteiger charge is -2.23. The van der Waals surface area contributed by atoms with Crippen molar-refractivity contribution >= 4 is 45.0 Å². The Morgan fingerprint density at radius 3 is 2.36 bits per heavy atom. The maximum absolute atomic E-state index is 12.6. The first-order chi connectivity index (χ1) is 22.7. The number of carbonyl (C=O) groups excluding carboxylic acids is 1. The second kappa shape index (κ2) is 13.1. The van der Waals surface area contributed by atoms with E-state index >= 15 is 0 Å². The molecule has 240 valence electrons. The zero-order valence-corrected chi connectivity index (χ0v) is 27.7. The van der Waals surface area contributed by atoms with Crippen molar-refractivity contribution in [1.29, 1.82) is 0 Å². The minimum atomic E-state index is -3.96. The quantitative estimate of drug-likeness (QED) is 0.179. The summed E-state index contributed by atoms with van der Waals surface area (Å²) < 4.78 is 36.4. The molecule has 0 atom stereocenters. The molecule has 1 aliphatic carbocycles. The van der Waals surface area contributed by atoms with Crippen LogP contribution >= 0.6 is 23.2 Å². The number of amides is 1. The normalized spacial score (nSPS) is 16.3. The van der Waals surface area contributed by atoms with Gasteiger partial charge in [-0.2, -0.15) is 8.42 Å². The van der Waals surface area contributed by atoms with E-state index in [0.717, 1.165) is 51.0 Å². The number of ether oxygens (including phenoxy) is 1. The molecular formula is C36H32Cl2N4O4S. The summed E-state index contributed by atoms with van der Waals surface area (Å²) in [6.07, 6.45) is 8.61. The SMILES string of the molecule is O=C1CN(c2cccc(-n3cc(-c4ccc(Cl)cc4Cl)nc3Cc3ccc(-c4cccc(OC5CCCCC5)c4)cc3)c2)S(=O)(=O)N1. The van der Waals surface area contributed by atoms with Gasteiger partial charge in [-0.05, 0) is 90.9 Å². The van der Waals surface area contributed by atoms with Crippen LogP contribution < -0.4 is 13.8 Å². The van der Waals surface area contributed by atoms with E-state index in [2.05, 4.69) is 36.4 Å². The third-order valence-electron chi connectivity index (χ3n) is 8.54. The molecule has 0 spiro atoms. The molecule has 8 nitrogen and oxygen atoms in total. The zero-order valence-electron chi connectivity index (χ0n) is 25.4. The standard InChI is InChI=1S/C36H32Cl2N4O4S/c37-27-16-17-32(33(38)20-27)34-22-41(28-7-5-8-29(21-28)42-23-36(43)40-47(42,44)45)35(39-34)18-24-12-14-25(15-13-24)26-6-4-11-31(19-26)46-30-9-2-1-3-10-30/h4-8,11-17,19-22,30H,1-3,9-10,18,23H2,(H,40,43). The number of hydrogen-bond acceptors (Lipinski definition) is 5. The number of halogens is 2. The minimum absolute atomic E-state index is 0.282. The summed E-state index contributed by atoms with van der Waals surface area (Å²) in [5, 5.41) is 0.988. The van der Waals surface area contributed by atoms with E-state index in [9.17, 15) is 13.2 Å². The Kier molecular flexibility index (Phi) is 8.70. The topological polar surface area (TPSA) is 93.5 Å². The fraction of sp³-hybridized carbons (Fsp3) is 0.222. The van der Waals surface area contributed by atoms with Crippen LogP contribution in [0.3, 0.4) is 0 Å². The second-order valence-corrected chi connectivity index (χ2v) is 14.3. The third kappa shape index (κ3) is 6.88. The molecule has 47 heavy (non-hydrogen) atoms. The molecule has 1 N–H and O–H groups in total. The smallest absolute Gasteiger partial charge is 0.326 e. The maximum Gasteiger partial charge on any atom is 0.326 e. The lowest BCUT2D eigenvalue weighted by Crippen LogP contribution is -2.29. The molecule has 2 heterocycles. The number of rotatable bonds is 8. The van der Waals surface area contributed by atoms with Crippen LogP contribution in [0.25, 0.3) is 28.1 Å². The molecule has 1 aliphatic heterocycles. The molecule has 1 amide bonds. The van der Waals surface area contributed by atoms with Crippen LogP contribution in [0.15, 0.2) is 97.2 Å². The van der Waals surface area contributed by atoms with Gasteiger partial charge >= 0.3 is 10.2 Å². The van der Waals surface area contributed by atoms with Gasteiger partial charge in [0.05, 0.1) is 22.5 Å². The predicted molar refractivity (Wildman–Crippen MR) is 186 cm³/mol. The summed E-state index contributed by atoms with van der Waals surface area (Å²) in [4.78, 5) is 16.9. The van der Waals surface area contributed by atoms with Crippen molar-refractivity contribution in [2.24, 2.45) is 0 Å². The van der Waals surface area contributed by atoms with Gasteiger partial charge in [-0.3, -0.25) is 4.79 Å². The van der Waals surface area contributed by atoms with Crippen molar-refractivity contribution in [3.63, 3.8) is 0 Å². The van der Waals surface area contributed by atoms with E-state index in [1.54, 1.807) is 30.3 Å². The summed E-state index contributed by atoms with van der Waals surface area (Å²) in [6, 6.07) is 28.9. The molecular weight excluding hydrogens is 655 g/mol. The summed E-state index contributed by atoms with van der Waals surface area (Å²) in [6.45, 7) is -0.282. The highest BCUT2D eigenvalue weighted by Crippen LogP contribution is 2.33. The van der Waals surface area contributed by atoms with Gasteiger partial charge in [0.25, 0.3) is 5.91 Å². The molecule has 1 aromatic heterocycles. The summed E-state index contributed by atoms with van der Waals surface area (Å²) in [7, 11) is -3.96. The molecule has 5 aromatic rings. The molecule has 7 rings (SSSR count). The Balaban J connectivity index is 1.19. The Hall–Kier alpha value is -4.31. The average Bonchev–Trinajstić information content (AvgIpc) is 3.60. The Labute approximate surface area is 284 Å². The molecule has 2 fully saturated rings. The van der Waals surface area contributed by atoms with Crippen LogP contribution in [-0.2, 0) is 21.4 Å². The van der Waals surface area contributed by atoms with Gasteiger partial charge in [-0.1, -0.05) is 72.1 Å². The molecule has 0 bridgehead atoms.